The minimum atomic E-state index is -4.43. The molecular formula is C12H11F3N2O. The quantitative estimate of drug-likeness (QED) is 0.774. The molecule has 2 unspecified atom stereocenters. The van der Waals surface area contributed by atoms with Gasteiger partial charge in [-0.05, 0) is 30.9 Å². The molecule has 0 bridgehead atoms. The van der Waals surface area contributed by atoms with E-state index in [1.165, 1.54) is 12.3 Å². The minimum Gasteiger partial charge on any atom is -0.355 e. The summed E-state index contributed by atoms with van der Waals surface area (Å²) in [6.45, 7) is 0. The molecule has 1 aliphatic heterocycles. The van der Waals surface area contributed by atoms with Crippen molar-refractivity contribution in [1.82, 2.24) is 4.98 Å². The maximum Gasteiger partial charge on any atom is 0.433 e. The molecule has 6 heteroatoms. The number of ether oxygens (including phenoxy) is 1. The minimum absolute atomic E-state index is 0.335. The third kappa shape index (κ3) is 2.79. The first kappa shape index (κ1) is 12.8. The van der Waals surface area contributed by atoms with Crippen LogP contribution < -0.4 is 0 Å². The van der Waals surface area contributed by atoms with Gasteiger partial charge in [0.15, 0.2) is 0 Å². The second-order valence-corrected chi connectivity index (χ2v) is 4.15. The topological polar surface area (TPSA) is 45.9 Å². The molecule has 0 N–H and O–H groups in total. The van der Waals surface area contributed by atoms with Crippen LogP contribution in [0.5, 0.6) is 0 Å². The van der Waals surface area contributed by atoms with Crippen molar-refractivity contribution in [1.29, 1.82) is 5.26 Å². The Morgan fingerprint density at radius 2 is 2.11 bits per heavy atom. The van der Waals surface area contributed by atoms with Crippen LogP contribution in [-0.2, 0) is 10.9 Å². The van der Waals surface area contributed by atoms with Crippen molar-refractivity contribution < 1.29 is 17.9 Å². The number of nitriles is 1. The Balaban J connectivity index is 2.12. The number of nitrogens with zero attached hydrogens (tertiary/aromatic N) is 2. The Labute approximate surface area is 102 Å². The van der Waals surface area contributed by atoms with Crippen molar-refractivity contribution >= 4 is 0 Å². The second kappa shape index (κ2) is 4.94. The summed E-state index contributed by atoms with van der Waals surface area (Å²) >= 11 is 0. The number of halogens is 3. The first-order valence-electron chi connectivity index (χ1n) is 5.59. The highest BCUT2D eigenvalue weighted by Gasteiger charge is 2.32. The lowest BCUT2D eigenvalue weighted by Gasteiger charge is -2.26. The van der Waals surface area contributed by atoms with Crippen LogP contribution in [0.3, 0.4) is 0 Å². The van der Waals surface area contributed by atoms with Crippen molar-refractivity contribution in [2.75, 3.05) is 0 Å². The fourth-order valence-electron chi connectivity index (χ4n) is 1.93. The van der Waals surface area contributed by atoms with Crippen molar-refractivity contribution in [2.45, 2.75) is 37.6 Å². The molecule has 2 rings (SSSR count). The Morgan fingerprint density at radius 1 is 1.33 bits per heavy atom. The third-order valence-electron chi connectivity index (χ3n) is 2.85. The van der Waals surface area contributed by atoms with Crippen molar-refractivity contribution in [2.24, 2.45) is 0 Å². The zero-order valence-corrected chi connectivity index (χ0v) is 9.44. The second-order valence-electron chi connectivity index (χ2n) is 4.15. The molecule has 96 valence electrons. The standard InChI is InChI=1S/C12H11F3N2O/c13-12(14,15)11-5-4-8(7-17-11)10-3-1-2-9(6-16)18-10/h4-5,7,9-10H,1-3H2. The van der Waals surface area contributed by atoms with Crippen LogP contribution in [0.1, 0.15) is 36.6 Å². The van der Waals surface area contributed by atoms with Gasteiger partial charge in [-0.15, -0.1) is 0 Å². The average Bonchev–Trinajstić information content (AvgIpc) is 2.38. The lowest BCUT2D eigenvalue weighted by Crippen LogP contribution is -2.21. The summed E-state index contributed by atoms with van der Waals surface area (Å²) < 4.78 is 42.5. The van der Waals surface area contributed by atoms with Crippen LogP contribution in [0.25, 0.3) is 0 Å². The van der Waals surface area contributed by atoms with Crippen molar-refractivity contribution in [3.05, 3.63) is 29.6 Å². The zero-order valence-electron chi connectivity index (χ0n) is 9.44. The molecule has 2 heterocycles. The maximum atomic E-state index is 12.3. The van der Waals surface area contributed by atoms with Crippen LogP contribution in [0.15, 0.2) is 18.3 Å². The van der Waals surface area contributed by atoms with Crippen LogP contribution >= 0.6 is 0 Å². The van der Waals surface area contributed by atoms with Crippen molar-refractivity contribution in [3.63, 3.8) is 0 Å². The van der Waals surface area contributed by atoms with Gasteiger partial charge in [-0.1, -0.05) is 6.07 Å². The molecule has 0 saturated carbocycles. The average molecular weight is 256 g/mol. The van der Waals surface area contributed by atoms with Gasteiger partial charge in [0.25, 0.3) is 0 Å². The predicted molar refractivity (Wildman–Crippen MR) is 56.3 cm³/mol. The smallest absolute Gasteiger partial charge is 0.355 e. The number of rotatable bonds is 1. The molecule has 0 radical (unpaired) electrons. The summed E-state index contributed by atoms with van der Waals surface area (Å²) in [6, 6.07) is 4.32. The van der Waals surface area contributed by atoms with E-state index in [9.17, 15) is 13.2 Å². The van der Waals surface area contributed by atoms with Gasteiger partial charge in [-0.3, -0.25) is 4.98 Å². The number of alkyl halides is 3. The van der Waals surface area contributed by atoms with Gasteiger partial charge in [0.1, 0.15) is 11.8 Å². The van der Waals surface area contributed by atoms with Gasteiger partial charge >= 0.3 is 6.18 Å². The Bertz CT molecular complexity index is 450. The van der Waals surface area contributed by atoms with Crippen LogP contribution in [-0.4, -0.2) is 11.1 Å². The van der Waals surface area contributed by atoms with E-state index in [2.05, 4.69) is 4.98 Å². The van der Waals surface area contributed by atoms with Crippen LogP contribution in [0.4, 0.5) is 13.2 Å². The molecule has 18 heavy (non-hydrogen) atoms. The lowest BCUT2D eigenvalue weighted by molar-refractivity contribution is -0.141. The molecule has 0 aliphatic carbocycles. The Hall–Kier alpha value is -1.61. The predicted octanol–water partition coefficient (Wildman–Crippen LogP) is 3.23. The SMILES string of the molecule is N#CC1CCCC(c2ccc(C(F)(F)F)nc2)O1. The fourth-order valence-corrected chi connectivity index (χ4v) is 1.93. The number of pyridine rings is 1. The van der Waals surface area contributed by atoms with E-state index in [1.54, 1.807) is 0 Å². The first-order valence-corrected chi connectivity index (χ1v) is 5.59. The van der Waals surface area contributed by atoms with Crippen LogP contribution in [0, 0.1) is 11.3 Å². The Kier molecular flexibility index (Phi) is 3.53. The van der Waals surface area contributed by atoms with Gasteiger partial charge < -0.3 is 4.74 Å². The molecule has 2 atom stereocenters. The highest BCUT2D eigenvalue weighted by atomic mass is 19.4. The van der Waals surface area contributed by atoms with E-state index < -0.39 is 18.0 Å². The summed E-state index contributed by atoms with van der Waals surface area (Å²) in [7, 11) is 0. The molecule has 1 fully saturated rings. The molecule has 0 amide bonds. The van der Waals surface area contributed by atoms with E-state index in [-0.39, 0.29) is 6.10 Å². The zero-order chi connectivity index (χ0) is 13.2. The number of aromatic nitrogens is 1. The summed E-state index contributed by atoms with van der Waals surface area (Å²) in [4.78, 5) is 3.39. The number of hydrogen-bond donors (Lipinski definition) is 0. The van der Waals surface area contributed by atoms with E-state index in [0.29, 0.717) is 18.4 Å². The highest BCUT2D eigenvalue weighted by Crippen LogP contribution is 2.32. The first-order chi connectivity index (χ1) is 8.50. The van der Waals surface area contributed by atoms with E-state index >= 15 is 0 Å². The van der Waals surface area contributed by atoms with Gasteiger partial charge in [-0.2, -0.15) is 18.4 Å². The van der Waals surface area contributed by atoms with Gasteiger partial charge in [0.05, 0.1) is 12.2 Å². The largest absolute Gasteiger partial charge is 0.433 e. The summed E-state index contributed by atoms with van der Waals surface area (Å²) in [5.41, 5.74) is -0.332. The molecule has 0 aromatic carbocycles. The van der Waals surface area contributed by atoms with E-state index in [1.807, 2.05) is 6.07 Å². The Morgan fingerprint density at radius 3 is 2.67 bits per heavy atom. The van der Waals surface area contributed by atoms with E-state index in [4.69, 9.17) is 10.00 Å². The normalized spacial score (nSPS) is 24.6. The van der Waals surface area contributed by atoms with Crippen LogP contribution in [0.2, 0.25) is 0 Å². The monoisotopic (exact) mass is 256 g/mol. The summed E-state index contributed by atoms with van der Waals surface area (Å²) in [6.07, 6.45) is -1.88. The number of hydrogen-bond acceptors (Lipinski definition) is 3. The van der Waals surface area contributed by atoms with E-state index in [0.717, 1.165) is 12.5 Å². The fraction of sp³-hybridized carbons (Fsp3) is 0.500. The van der Waals surface area contributed by atoms with Gasteiger partial charge in [0, 0.05) is 6.20 Å². The van der Waals surface area contributed by atoms with Gasteiger partial charge in [0.2, 0.25) is 0 Å². The molecule has 0 spiro atoms. The lowest BCUT2D eigenvalue weighted by atomic mass is 10.00. The molecular weight excluding hydrogens is 245 g/mol. The summed E-state index contributed by atoms with van der Waals surface area (Å²) in [5.74, 6) is 0. The van der Waals surface area contributed by atoms with Crippen molar-refractivity contribution in [3.8, 4) is 6.07 Å². The summed E-state index contributed by atoms with van der Waals surface area (Å²) in [5, 5.41) is 8.77. The molecule has 1 saturated heterocycles. The molecule has 1 aliphatic rings. The maximum absolute atomic E-state index is 12.3. The third-order valence-corrected chi connectivity index (χ3v) is 2.85. The molecule has 3 nitrogen and oxygen atoms in total. The molecule has 1 aromatic rings. The molecule has 1 aromatic heterocycles. The highest BCUT2D eigenvalue weighted by molar-refractivity contribution is 5.19. The van der Waals surface area contributed by atoms with Gasteiger partial charge in [-0.25, -0.2) is 0 Å².